The third-order valence-electron chi connectivity index (χ3n) is 1.70. The van der Waals surface area contributed by atoms with E-state index >= 15 is 0 Å². The summed E-state index contributed by atoms with van der Waals surface area (Å²) in [6.07, 6.45) is 4.45. The zero-order valence-corrected chi connectivity index (χ0v) is 8.01. The third-order valence-corrected chi connectivity index (χ3v) is 1.70. The van der Waals surface area contributed by atoms with Crippen molar-refractivity contribution in [1.82, 2.24) is 5.32 Å². The lowest BCUT2D eigenvalue weighted by atomic mass is 10.2. The van der Waals surface area contributed by atoms with Crippen molar-refractivity contribution in [2.24, 2.45) is 0 Å². The van der Waals surface area contributed by atoms with Crippen molar-refractivity contribution in [1.29, 1.82) is 0 Å². The number of ether oxygens (including phenoxy) is 1. The minimum atomic E-state index is -0.133. The number of carbonyl (C=O) groups excluding carboxylic acids is 1. The number of carbonyl (C=O) groups is 1. The van der Waals surface area contributed by atoms with Gasteiger partial charge in [0.15, 0.2) is 0 Å². The number of rotatable bonds is 8. The lowest BCUT2D eigenvalue weighted by Crippen LogP contribution is -2.35. The first-order chi connectivity index (χ1) is 5.85. The van der Waals surface area contributed by atoms with Gasteiger partial charge in [0.05, 0.1) is 12.6 Å². The van der Waals surface area contributed by atoms with Crippen molar-refractivity contribution in [3.05, 3.63) is 0 Å². The van der Waals surface area contributed by atoms with Crippen molar-refractivity contribution < 1.29 is 9.53 Å². The molecule has 0 radical (unpaired) electrons. The van der Waals surface area contributed by atoms with Gasteiger partial charge in [-0.1, -0.05) is 19.8 Å². The van der Waals surface area contributed by atoms with Crippen molar-refractivity contribution in [2.75, 3.05) is 20.3 Å². The quantitative estimate of drug-likeness (QED) is 0.439. The Labute approximate surface area is 74.5 Å². The molecule has 0 aliphatic rings. The molecule has 3 heteroatoms. The monoisotopic (exact) mass is 173 g/mol. The molecule has 3 nitrogen and oxygen atoms in total. The number of aldehydes is 1. The maximum Gasteiger partial charge on any atom is 0.139 e. The Kier molecular flexibility index (Phi) is 8.39. The molecule has 0 fully saturated rings. The van der Waals surface area contributed by atoms with Crippen molar-refractivity contribution in [3.63, 3.8) is 0 Å². The lowest BCUT2D eigenvalue weighted by molar-refractivity contribution is -0.110. The molecule has 1 unspecified atom stereocenters. The van der Waals surface area contributed by atoms with Gasteiger partial charge in [-0.25, -0.2) is 0 Å². The van der Waals surface area contributed by atoms with Crippen LogP contribution in [-0.4, -0.2) is 32.6 Å². The molecule has 0 rings (SSSR count). The van der Waals surface area contributed by atoms with E-state index in [2.05, 4.69) is 12.2 Å². The molecule has 0 aromatic heterocycles. The summed E-state index contributed by atoms with van der Waals surface area (Å²) in [6.45, 7) is 3.53. The molecule has 1 N–H and O–H groups in total. The second-order valence-corrected chi connectivity index (χ2v) is 2.86. The van der Waals surface area contributed by atoms with Gasteiger partial charge in [-0.15, -0.1) is 0 Å². The molecule has 0 aliphatic carbocycles. The fourth-order valence-corrected chi connectivity index (χ4v) is 0.988. The first-order valence-electron chi connectivity index (χ1n) is 4.52. The Hall–Kier alpha value is -0.410. The number of hydrogen-bond acceptors (Lipinski definition) is 3. The highest BCUT2D eigenvalue weighted by Gasteiger charge is 2.03. The summed E-state index contributed by atoms with van der Waals surface area (Å²) in [5, 5.41) is 3.11. The third kappa shape index (κ3) is 6.31. The average molecular weight is 173 g/mol. The molecule has 0 amide bonds. The summed E-state index contributed by atoms with van der Waals surface area (Å²) in [7, 11) is 1.60. The Balaban J connectivity index is 3.25. The number of methoxy groups -OCH3 is 1. The average Bonchev–Trinajstić information content (AvgIpc) is 2.10. The standard InChI is InChI=1S/C9H19NO2/c1-3-4-5-6-10-9(7-11)8-12-2/h7,9-10H,3-6,8H2,1-2H3. The van der Waals surface area contributed by atoms with Gasteiger partial charge in [-0.3, -0.25) is 0 Å². The first-order valence-corrected chi connectivity index (χ1v) is 4.52. The molecular weight excluding hydrogens is 154 g/mol. The summed E-state index contributed by atoms with van der Waals surface area (Å²) in [4.78, 5) is 10.4. The van der Waals surface area contributed by atoms with Crippen molar-refractivity contribution >= 4 is 6.29 Å². The second kappa shape index (κ2) is 8.68. The Morgan fingerprint density at radius 1 is 1.50 bits per heavy atom. The van der Waals surface area contributed by atoms with Crippen LogP contribution in [0.5, 0.6) is 0 Å². The van der Waals surface area contributed by atoms with Crippen LogP contribution in [0.25, 0.3) is 0 Å². The van der Waals surface area contributed by atoms with Crippen LogP contribution in [0.15, 0.2) is 0 Å². The van der Waals surface area contributed by atoms with Crippen LogP contribution in [0, 0.1) is 0 Å². The predicted molar refractivity (Wildman–Crippen MR) is 49.3 cm³/mol. The van der Waals surface area contributed by atoms with Gasteiger partial charge in [0.2, 0.25) is 0 Å². The number of unbranched alkanes of at least 4 members (excludes halogenated alkanes) is 2. The van der Waals surface area contributed by atoms with Gasteiger partial charge in [-0.2, -0.15) is 0 Å². The largest absolute Gasteiger partial charge is 0.383 e. The maximum absolute atomic E-state index is 10.4. The Bertz CT molecular complexity index is 107. The molecule has 0 aromatic rings. The minimum Gasteiger partial charge on any atom is -0.383 e. The van der Waals surface area contributed by atoms with Gasteiger partial charge in [0.25, 0.3) is 0 Å². The van der Waals surface area contributed by atoms with Crippen molar-refractivity contribution in [3.8, 4) is 0 Å². The fourth-order valence-electron chi connectivity index (χ4n) is 0.988. The molecule has 0 heterocycles. The van der Waals surface area contributed by atoms with Gasteiger partial charge >= 0.3 is 0 Å². The van der Waals surface area contributed by atoms with Gasteiger partial charge < -0.3 is 14.8 Å². The Morgan fingerprint density at radius 2 is 2.25 bits per heavy atom. The van der Waals surface area contributed by atoms with Crippen LogP contribution in [-0.2, 0) is 9.53 Å². The van der Waals surface area contributed by atoms with Crippen LogP contribution >= 0.6 is 0 Å². The molecule has 0 saturated carbocycles. The summed E-state index contributed by atoms with van der Waals surface area (Å²) < 4.78 is 4.86. The highest BCUT2D eigenvalue weighted by atomic mass is 16.5. The molecule has 0 bridgehead atoms. The smallest absolute Gasteiger partial charge is 0.139 e. The van der Waals surface area contributed by atoms with E-state index in [1.54, 1.807) is 7.11 Å². The molecule has 0 aromatic carbocycles. The first kappa shape index (κ1) is 11.6. The highest BCUT2D eigenvalue weighted by molar-refractivity contribution is 5.57. The van der Waals surface area contributed by atoms with Crippen LogP contribution in [0.3, 0.4) is 0 Å². The van der Waals surface area contributed by atoms with Crippen LogP contribution in [0.1, 0.15) is 26.2 Å². The maximum atomic E-state index is 10.4. The summed E-state index contributed by atoms with van der Waals surface area (Å²) in [5.74, 6) is 0. The van der Waals surface area contributed by atoms with Crippen LogP contribution < -0.4 is 5.32 Å². The van der Waals surface area contributed by atoms with E-state index < -0.39 is 0 Å². The minimum absolute atomic E-state index is 0.133. The highest BCUT2D eigenvalue weighted by Crippen LogP contribution is 1.91. The van der Waals surface area contributed by atoms with E-state index in [-0.39, 0.29) is 6.04 Å². The molecular formula is C9H19NO2. The molecule has 12 heavy (non-hydrogen) atoms. The van der Waals surface area contributed by atoms with E-state index in [4.69, 9.17) is 4.74 Å². The molecule has 0 saturated heterocycles. The van der Waals surface area contributed by atoms with Crippen LogP contribution in [0.4, 0.5) is 0 Å². The van der Waals surface area contributed by atoms with Crippen LogP contribution in [0.2, 0.25) is 0 Å². The topological polar surface area (TPSA) is 38.3 Å². The summed E-state index contributed by atoms with van der Waals surface area (Å²) in [5.41, 5.74) is 0. The molecule has 0 aliphatic heterocycles. The van der Waals surface area contributed by atoms with Gasteiger partial charge in [0.1, 0.15) is 6.29 Å². The molecule has 72 valence electrons. The lowest BCUT2D eigenvalue weighted by Gasteiger charge is -2.10. The number of hydrogen-bond donors (Lipinski definition) is 1. The van der Waals surface area contributed by atoms with E-state index in [9.17, 15) is 4.79 Å². The van der Waals surface area contributed by atoms with E-state index in [0.29, 0.717) is 6.61 Å². The van der Waals surface area contributed by atoms with Crippen molar-refractivity contribution in [2.45, 2.75) is 32.2 Å². The predicted octanol–water partition coefficient (Wildman–Crippen LogP) is 0.980. The van der Waals surface area contributed by atoms with E-state index in [1.165, 1.54) is 12.8 Å². The summed E-state index contributed by atoms with van der Waals surface area (Å²) >= 11 is 0. The van der Waals surface area contributed by atoms with Gasteiger partial charge in [0, 0.05) is 7.11 Å². The fraction of sp³-hybridized carbons (Fsp3) is 0.889. The zero-order chi connectivity index (χ0) is 9.23. The van der Waals surface area contributed by atoms with E-state index in [1.807, 2.05) is 0 Å². The normalized spacial score (nSPS) is 12.8. The SMILES string of the molecule is CCCCCNC(C=O)COC. The number of nitrogens with one attached hydrogen (secondary N) is 1. The van der Waals surface area contributed by atoms with E-state index in [0.717, 1.165) is 19.3 Å². The Morgan fingerprint density at radius 3 is 2.75 bits per heavy atom. The summed E-state index contributed by atoms with van der Waals surface area (Å²) in [6, 6.07) is -0.133. The zero-order valence-electron chi connectivity index (χ0n) is 8.01. The molecule has 0 spiro atoms. The molecule has 1 atom stereocenters. The second-order valence-electron chi connectivity index (χ2n) is 2.86. The van der Waals surface area contributed by atoms with Gasteiger partial charge in [-0.05, 0) is 13.0 Å².